The lowest BCUT2D eigenvalue weighted by molar-refractivity contribution is 0.149. The summed E-state index contributed by atoms with van der Waals surface area (Å²) in [5.74, 6) is 0.0472. The maximum absolute atomic E-state index is 12.4. The van der Waals surface area contributed by atoms with Gasteiger partial charge in [-0.1, -0.05) is 0 Å². The highest BCUT2D eigenvalue weighted by atomic mass is 79.9. The highest BCUT2D eigenvalue weighted by Gasteiger charge is 2.17. The molecule has 6 heteroatoms. The summed E-state index contributed by atoms with van der Waals surface area (Å²) >= 11 is 2.85. The van der Waals surface area contributed by atoms with Crippen LogP contribution < -0.4 is 4.74 Å². The fourth-order valence-electron chi connectivity index (χ4n) is 0.876. The van der Waals surface area contributed by atoms with Crippen molar-refractivity contribution < 1.29 is 13.5 Å². The summed E-state index contributed by atoms with van der Waals surface area (Å²) in [5.41, 5.74) is -0.315. The van der Waals surface area contributed by atoms with Gasteiger partial charge in [0.05, 0.1) is 12.7 Å². The first-order chi connectivity index (χ1) is 6.60. The minimum absolute atomic E-state index is 0.0243. The molecule has 1 rings (SSSR count). The molecule has 0 radical (unpaired) electrons. The molecule has 1 heterocycles. The van der Waals surface area contributed by atoms with Crippen molar-refractivity contribution in [2.45, 2.75) is 6.43 Å². The summed E-state index contributed by atoms with van der Waals surface area (Å²) in [6.07, 6.45) is -2.65. The molecule has 0 amide bonds. The zero-order chi connectivity index (χ0) is 10.7. The molecular formula is C8H5BrF2N2O. The van der Waals surface area contributed by atoms with Gasteiger partial charge in [-0.25, -0.2) is 13.8 Å². The molecule has 1 aromatic rings. The van der Waals surface area contributed by atoms with Crippen molar-refractivity contribution >= 4 is 15.9 Å². The van der Waals surface area contributed by atoms with E-state index in [4.69, 9.17) is 10.00 Å². The summed E-state index contributed by atoms with van der Waals surface area (Å²) in [5, 5.41) is 8.60. The second kappa shape index (κ2) is 4.33. The van der Waals surface area contributed by atoms with Crippen LogP contribution in [0.1, 0.15) is 17.7 Å². The third kappa shape index (κ3) is 1.99. The largest absolute Gasteiger partial charge is 0.494 e. The van der Waals surface area contributed by atoms with Gasteiger partial charge in [0.25, 0.3) is 6.43 Å². The van der Waals surface area contributed by atoms with Gasteiger partial charge >= 0.3 is 0 Å². The molecule has 0 aliphatic rings. The first-order valence-corrected chi connectivity index (χ1v) is 4.32. The van der Waals surface area contributed by atoms with Crippen molar-refractivity contribution in [3.05, 3.63) is 21.9 Å². The lowest BCUT2D eigenvalue weighted by Gasteiger charge is -2.06. The van der Waals surface area contributed by atoms with E-state index in [1.807, 2.05) is 0 Å². The molecule has 0 fully saturated rings. The molecule has 74 valence electrons. The normalized spacial score (nSPS) is 10.0. The van der Waals surface area contributed by atoms with Crippen molar-refractivity contribution in [2.75, 3.05) is 7.11 Å². The number of pyridine rings is 1. The summed E-state index contributed by atoms with van der Waals surface area (Å²) in [4.78, 5) is 3.63. The van der Waals surface area contributed by atoms with E-state index < -0.39 is 6.43 Å². The Bertz CT molecular complexity index is 389. The molecule has 0 unspecified atom stereocenters. The Morgan fingerprint density at radius 1 is 1.64 bits per heavy atom. The van der Waals surface area contributed by atoms with Crippen LogP contribution in [0.4, 0.5) is 8.78 Å². The van der Waals surface area contributed by atoms with Gasteiger partial charge in [-0.2, -0.15) is 5.26 Å². The number of hydrogen-bond acceptors (Lipinski definition) is 3. The predicted octanol–water partition coefficient (Wildman–Crippen LogP) is 2.66. The van der Waals surface area contributed by atoms with E-state index in [-0.39, 0.29) is 21.6 Å². The van der Waals surface area contributed by atoms with E-state index in [0.29, 0.717) is 0 Å². The topological polar surface area (TPSA) is 45.9 Å². The van der Waals surface area contributed by atoms with Crippen molar-refractivity contribution in [1.82, 2.24) is 4.98 Å². The maximum atomic E-state index is 12.4. The molecule has 0 aliphatic heterocycles. The van der Waals surface area contributed by atoms with Crippen molar-refractivity contribution in [2.24, 2.45) is 0 Å². The summed E-state index contributed by atoms with van der Waals surface area (Å²) in [6.45, 7) is 0. The van der Waals surface area contributed by atoms with E-state index >= 15 is 0 Å². The zero-order valence-corrected chi connectivity index (χ0v) is 8.68. The Kier molecular flexibility index (Phi) is 3.36. The molecule has 0 bridgehead atoms. The van der Waals surface area contributed by atoms with Crippen molar-refractivity contribution in [1.29, 1.82) is 5.26 Å². The quantitative estimate of drug-likeness (QED) is 0.770. The Morgan fingerprint density at radius 2 is 2.29 bits per heavy atom. The van der Waals surface area contributed by atoms with Crippen LogP contribution in [0.25, 0.3) is 0 Å². The molecule has 0 aromatic carbocycles. The Balaban J connectivity index is 3.32. The van der Waals surface area contributed by atoms with Gasteiger partial charge < -0.3 is 4.74 Å². The second-order valence-corrected chi connectivity index (χ2v) is 3.08. The van der Waals surface area contributed by atoms with E-state index in [1.165, 1.54) is 7.11 Å². The number of rotatable bonds is 2. The van der Waals surface area contributed by atoms with Gasteiger partial charge in [0.2, 0.25) is 0 Å². The minimum atomic E-state index is -2.65. The predicted molar refractivity (Wildman–Crippen MR) is 48.2 cm³/mol. The van der Waals surface area contributed by atoms with Gasteiger partial charge in [-0.3, -0.25) is 0 Å². The number of nitriles is 1. The lowest BCUT2D eigenvalue weighted by Crippen LogP contribution is -1.97. The molecule has 0 saturated heterocycles. The monoisotopic (exact) mass is 262 g/mol. The van der Waals surface area contributed by atoms with E-state index in [9.17, 15) is 8.78 Å². The first kappa shape index (κ1) is 10.9. The molecule has 14 heavy (non-hydrogen) atoms. The molecule has 0 aliphatic carbocycles. The molecule has 0 saturated carbocycles. The summed E-state index contributed by atoms with van der Waals surface area (Å²) in [7, 11) is 1.29. The number of ether oxygens (including phenoxy) is 1. The zero-order valence-electron chi connectivity index (χ0n) is 7.09. The standard InChI is InChI=1S/C8H5BrF2N2O/c1-14-6-2-4(8(10)11)7(9)13-5(6)3-12/h2,8H,1H3. The average Bonchev–Trinajstić information content (AvgIpc) is 2.16. The fourth-order valence-corrected chi connectivity index (χ4v) is 1.34. The van der Waals surface area contributed by atoms with Crippen LogP contribution in [0.5, 0.6) is 5.75 Å². The molecule has 3 nitrogen and oxygen atoms in total. The van der Waals surface area contributed by atoms with Crippen LogP contribution in [0.2, 0.25) is 0 Å². The van der Waals surface area contributed by atoms with Crippen molar-refractivity contribution in [3.8, 4) is 11.8 Å². The first-order valence-electron chi connectivity index (χ1n) is 3.52. The Labute approximate surface area is 87.5 Å². The van der Waals surface area contributed by atoms with Gasteiger partial charge in [0.15, 0.2) is 11.4 Å². The fraction of sp³-hybridized carbons (Fsp3) is 0.250. The maximum Gasteiger partial charge on any atom is 0.266 e. The number of hydrogen-bond donors (Lipinski definition) is 0. The summed E-state index contributed by atoms with van der Waals surface area (Å²) < 4.78 is 29.4. The van der Waals surface area contributed by atoms with Gasteiger partial charge in [-0.05, 0) is 22.0 Å². The van der Waals surface area contributed by atoms with Crippen LogP contribution >= 0.6 is 15.9 Å². The SMILES string of the molecule is COc1cc(C(F)F)c(Br)nc1C#N. The average molecular weight is 263 g/mol. The van der Waals surface area contributed by atoms with Crippen LogP contribution in [0.15, 0.2) is 10.7 Å². The van der Waals surface area contributed by atoms with Crippen molar-refractivity contribution in [3.63, 3.8) is 0 Å². The van der Waals surface area contributed by atoms with Gasteiger partial charge in [0, 0.05) is 0 Å². The van der Waals surface area contributed by atoms with Gasteiger partial charge in [-0.15, -0.1) is 0 Å². The molecular weight excluding hydrogens is 258 g/mol. The van der Waals surface area contributed by atoms with Gasteiger partial charge in [0.1, 0.15) is 10.7 Å². The third-order valence-electron chi connectivity index (χ3n) is 1.53. The third-order valence-corrected chi connectivity index (χ3v) is 2.16. The summed E-state index contributed by atoms with van der Waals surface area (Å²) in [6, 6.07) is 2.84. The minimum Gasteiger partial charge on any atom is -0.494 e. The number of methoxy groups -OCH3 is 1. The van der Waals surface area contributed by atoms with E-state index in [2.05, 4.69) is 20.9 Å². The number of halogens is 3. The van der Waals surface area contributed by atoms with Crippen LogP contribution in [-0.2, 0) is 0 Å². The second-order valence-electron chi connectivity index (χ2n) is 2.33. The van der Waals surface area contributed by atoms with E-state index in [0.717, 1.165) is 6.07 Å². The molecule has 1 aromatic heterocycles. The molecule has 0 spiro atoms. The van der Waals surface area contributed by atoms with Crippen LogP contribution in [-0.4, -0.2) is 12.1 Å². The van der Waals surface area contributed by atoms with E-state index in [1.54, 1.807) is 6.07 Å². The smallest absolute Gasteiger partial charge is 0.266 e. The number of alkyl halides is 2. The number of nitrogens with zero attached hydrogens (tertiary/aromatic N) is 2. The molecule has 0 atom stereocenters. The molecule has 0 N–H and O–H groups in total. The Morgan fingerprint density at radius 3 is 2.71 bits per heavy atom. The van der Waals surface area contributed by atoms with Crippen LogP contribution in [0, 0.1) is 11.3 Å². The highest BCUT2D eigenvalue weighted by molar-refractivity contribution is 9.10. The highest BCUT2D eigenvalue weighted by Crippen LogP contribution is 2.30. The van der Waals surface area contributed by atoms with Crippen LogP contribution in [0.3, 0.4) is 0 Å². The Hall–Kier alpha value is -1.22. The number of aromatic nitrogens is 1. The lowest BCUT2D eigenvalue weighted by atomic mass is 10.2.